The van der Waals surface area contributed by atoms with E-state index in [1.165, 1.54) is 4.57 Å². The second-order valence-electron chi connectivity index (χ2n) is 5.66. The fourth-order valence-corrected chi connectivity index (χ4v) is 2.62. The number of H-pyrrole nitrogens is 1. The largest absolute Gasteiger partial charge is 0.508 e. The standard InChI is InChI=1S/C18H14N4O3/c23-13-5-1-11(2-6-13)10-22-17-16(21-18(22)25)19-9-15(20-17)12-3-7-14(24)8-4-12/h1-9,23-24H,10H2,(H,19,21,25). The fraction of sp³-hybridized carbons (Fsp3) is 0.0556. The molecule has 2 heterocycles. The highest BCUT2D eigenvalue weighted by Gasteiger charge is 2.12. The molecule has 0 amide bonds. The van der Waals surface area contributed by atoms with Crippen molar-refractivity contribution in [3.05, 3.63) is 70.8 Å². The van der Waals surface area contributed by atoms with Crippen molar-refractivity contribution in [2.24, 2.45) is 0 Å². The van der Waals surface area contributed by atoms with E-state index in [-0.39, 0.29) is 17.2 Å². The molecule has 4 rings (SSSR count). The summed E-state index contributed by atoms with van der Waals surface area (Å²) in [6.07, 6.45) is 1.58. The summed E-state index contributed by atoms with van der Waals surface area (Å²) in [6, 6.07) is 13.3. The number of rotatable bonds is 3. The smallest absolute Gasteiger partial charge is 0.329 e. The van der Waals surface area contributed by atoms with E-state index in [1.807, 2.05) is 0 Å². The lowest BCUT2D eigenvalue weighted by Gasteiger charge is -2.05. The Kier molecular flexibility index (Phi) is 3.46. The topological polar surface area (TPSA) is 104 Å². The Morgan fingerprint density at radius 1 is 0.960 bits per heavy atom. The first-order valence-electron chi connectivity index (χ1n) is 7.63. The summed E-state index contributed by atoms with van der Waals surface area (Å²) in [7, 11) is 0. The first-order valence-corrected chi connectivity index (χ1v) is 7.63. The van der Waals surface area contributed by atoms with Crippen LogP contribution in [0.3, 0.4) is 0 Å². The third-order valence-electron chi connectivity index (χ3n) is 3.92. The molecular weight excluding hydrogens is 320 g/mol. The van der Waals surface area contributed by atoms with E-state index < -0.39 is 0 Å². The Morgan fingerprint density at radius 2 is 1.60 bits per heavy atom. The predicted octanol–water partition coefficient (Wildman–Crippen LogP) is 2.25. The van der Waals surface area contributed by atoms with Crippen molar-refractivity contribution in [2.75, 3.05) is 0 Å². The molecule has 0 bridgehead atoms. The molecule has 2 aromatic heterocycles. The van der Waals surface area contributed by atoms with Gasteiger partial charge in [0.15, 0.2) is 11.3 Å². The van der Waals surface area contributed by atoms with Crippen LogP contribution in [0.2, 0.25) is 0 Å². The van der Waals surface area contributed by atoms with Crippen molar-refractivity contribution in [3.8, 4) is 22.8 Å². The van der Waals surface area contributed by atoms with Crippen molar-refractivity contribution in [3.63, 3.8) is 0 Å². The average molecular weight is 334 g/mol. The lowest BCUT2D eigenvalue weighted by molar-refractivity contribution is 0.474. The van der Waals surface area contributed by atoms with Crippen molar-refractivity contribution >= 4 is 11.3 Å². The molecule has 0 saturated carbocycles. The maximum Gasteiger partial charge on any atom is 0.329 e. The van der Waals surface area contributed by atoms with Crippen molar-refractivity contribution in [1.82, 2.24) is 19.5 Å². The summed E-state index contributed by atoms with van der Waals surface area (Å²) in [5, 5.41) is 18.8. The lowest BCUT2D eigenvalue weighted by Crippen LogP contribution is -2.17. The van der Waals surface area contributed by atoms with Gasteiger partial charge in [0.1, 0.15) is 11.5 Å². The van der Waals surface area contributed by atoms with Gasteiger partial charge in [0.25, 0.3) is 0 Å². The second kappa shape index (κ2) is 5.79. The highest BCUT2D eigenvalue weighted by atomic mass is 16.3. The number of phenols is 2. The molecule has 4 aromatic rings. The first kappa shape index (κ1) is 14.9. The average Bonchev–Trinajstić information content (AvgIpc) is 2.92. The molecule has 25 heavy (non-hydrogen) atoms. The number of aromatic hydroxyl groups is 2. The van der Waals surface area contributed by atoms with E-state index in [0.717, 1.165) is 11.1 Å². The van der Waals surface area contributed by atoms with Crippen molar-refractivity contribution in [1.29, 1.82) is 0 Å². The molecular formula is C18H14N4O3. The van der Waals surface area contributed by atoms with Crippen LogP contribution in [-0.4, -0.2) is 29.7 Å². The van der Waals surface area contributed by atoms with Gasteiger partial charge in [-0.1, -0.05) is 12.1 Å². The summed E-state index contributed by atoms with van der Waals surface area (Å²) < 4.78 is 1.50. The summed E-state index contributed by atoms with van der Waals surface area (Å²) in [6.45, 7) is 0.312. The normalized spacial score (nSPS) is 11.0. The Labute approximate surface area is 141 Å². The molecule has 0 unspecified atom stereocenters. The van der Waals surface area contributed by atoms with E-state index in [2.05, 4.69) is 15.0 Å². The lowest BCUT2D eigenvalue weighted by atomic mass is 10.1. The zero-order valence-corrected chi connectivity index (χ0v) is 13.0. The predicted molar refractivity (Wildman–Crippen MR) is 92.5 cm³/mol. The molecule has 2 aromatic carbocycles. The van der Waals surface area contributed by atoms with Crippen LogP contribution in [0.25, 0.3) is 22.6 Å². The summed E-state index contributed by atoms with van der Waals surface area (Å²) >= 11 is 0. The SMILES string of the molecule is O=c1[nH]c2ncc(-c3ccc(O)cc3)nc2n1Cc1ccc(O)cc1. The second-order valence-corrected chi connectivity index (χ2v) is 5.66. The molecule has 0 radical (unpaired) electrons. The molecule has 3 N–H and O–H groups in total. The number of aromatic nitrogens is 4. The molecule has 0 aliphatic carbocycles. The number of phenolic OH excluding ortho intramolecular Hbond substituents is 2. The van der Waals surface area contributed by atoms with Gasteiger partial charge < -0.3 is 10.2 Å². The maximum atomic E-state index is 12.2. The molecule has 0 aliphatic rings. The first-order chi connectivity index (χ1) is 12.1. The fourth-order valence-electron chi connectivity index (χ4n) is 2.62. The third kappa shape index (κ3) is 2.83. The summed E-state index contributed by atoms with van der Waals surface area (Å²) in [4.78, 5) is 23.8. The molecule has 124 valence electrons. The van der Waals surface area contributed by atoms with Gasteiger partial charge in [0.05, 0.1) is 18.4 Å². The van der Waals surface area contributed by atoms with E-state index >= 15 is 0 Å². The van der Waals surface area contributed by atoms with Crippen LogP contribution in [0.5, 0.6) is 11.5 Å². The van der Waals surface area contributed by atoms with Gasteiger partial charge >= 0.3 is 5.69 Å². The van der Waals surface area contributed by atoms with E-state index in [0.29, 0.717) is 23.5 Å². The quantitative estimate of drug-likeness (QED) is 0.533. The van der Waals surface area contributed by atoms with Crippen LogP contribution in [0.1, 0.15) is 5.56 Å². The van der Waals surface area contributed by atoms with Gasteiger partial charge in [0, 0.05) is 5.56 Å². The van der Waals surface area contributed by atoms with Crippen LogP contribution in [-0.2, 0) is 6.54 Å². The Hall–Kier alpha value is -3.61. The Bertz CT molecular complexity index is 1100. The van der Waals surface area contributed by atoms with Gasteiger partial charge in [-0.3, -0.25) is 9.55 Å². The van der Waals surface area contributed by atoms with Gasteiger partial charge in [-0.15, -0.1) is 0 Å². The molecule has 0 atom stereocenters. The zero-order chi connectivity index (χ0) is 17.4. The zero-order valence-electron chi connectivity index (χ0n) is 13.0. The highest BCUT2D eigenvalue weighted by Crippen LogP contribution is 2.21. The van der Waals surface area contributed by atoms with E-state index in [1.54, 1.807) is 54.7 Å². The van der Waals surface area contributed by atoms with Gasteiger partial charge in [0.2, 0.25) is 0 Å². The van der Waals surface area contributed by atoms with Gasteiger partial charge in [-0.25, -0.2) is 14.8 Å². The van der Waals surface area contributed by atoms with Gasteiger partial charge in [-0.05, 0) is 42.0 Å². The van der Waals surface area contributed by atoms with E-state index in [9.17, 15) is 15.0 Å². The summed E-state index contributed by atoms with van der Waals surface area (Å²) in [5.74, 6) is 0.341. The molecule has 7 nitrogen and oxygen atoms in total. The number of nitrogens with one attached hydrogen (secondary N) is 1. The number of aromatic amines is 1. The van der Waals surface area contributed by atoms with Crippen LogP contribution in [0.4, 0.5) is 0 Å². The number of hydrogen-bond acceptors (Lipinski definition) is 5. The minimum atomic E-state index is -0.300. The van der Waals surface area contributed by atoms with Gasteiger partial charge in [-0.2, -0.15) is 0 Å². The Morgan fingerprint density at radius 3 is 2.28 bits per heavy atom. The number of benzene rings is 2. The van der Waals surface area contributed by atoms with Crippen molar-refractivity contribution < 1.29 is 10.2 Å². The number of fused-ring (bicyclic) bond motifs is 1. The molecule has 0 spiro atoms. The molecule has 0 fully saturated rings. The van der Waals surface area contributed by atoms with Crippen molar-refractivity contribution in [2.45, 2.75) is 6.54 Å². The maximum absolute atomic E-state index is 12.2. The van der Waals surface area contributed by atoms with Crippen LogP contribution >= 0.6 is 0 Å². The van der Waals surface area contributed by atoms with Crippen LogP contribution < -0.4 is 5.69 Å². The monoisotopic (exact) mass is 334 g/mol. The number of hydrogen-bond donors (Lipinski definition) is 3. The third-order valence-corrected chi connectivity index (χ3v) is 3.92. The number of nitrogens with zero attached hydrogens (tertiary/aromatic N) is 3. The molecule has 0 saturated heterocycles. The summed E-state index contributed by atoms with van der Waals surface area (Å²) in [5.41, 5.74) is 2.81. The molecule has 0 aliphatic heterocycles. The van der Waals surface area contributed by atoms with Crippen LogP contribution in [0.15, 0.2) is 59.5 Å². The minimum Gasteiger partial charge on any atom is -0.508 e. The minimum absolute atomic E-state index is 0.170. The highest BCUT2D eigenvalue weighted by molar-refractivity contribution is 5.71. The van der Waals surface area contributed by atoms with E-state index in [4.69, 9.17) is 0 Å². The number of imidazole rings is 1. The molecule has 7 heteroatoms. The van der Waals surface area contributed by atoms with Crippen LogP contribution in [0, 0.1) is 0 Å². The Balaban J connectivity index is 1.79.